The summed E-state index contributed by atoms with van der Waals surface area (Å²) in [4.78, 5) is 24.0. The molecule has 8 heteroatoms. The minimum Gasteiger partial charge on any atom is -0.469 e. The van der Waals surface area contributed by atoms with E-state index in [0.717, 1.165) is 5.56 Å². The number of methoxy groups -OCH3 is 1. The normalized spacial score (nSPS) is 12.2. The molecule has 0 saturated carbocycles. The fourth-order valence-electron chi connectivity index (χ4n) is 1.85. The number of ketones is 1. The standard InChI is InChI=1S/C18H21F3N2O3/c1-23(2)11-10-15(12-16(24)18(19,20)21)22-14-7-4-13(5-8-14)6-9-17(25)26-3/h4-5,7-8,10-12,22H,6,9H2,1-3H3/b11-10+,15-12+. The lowest BCUT2D eigenvalue weighted by atomic mass is 10.1. The molecule has 0 aliphatic rings. The van der Waals surface area contributed by atoms with Crippen LogP contribution in [0.1, 0.15) is 12.0 Å². The van der Waals surface area contributed by atoms with E-state index >= 15 is 0 Å². The molecule has 5 nitrogen and oxygen atoms in total. The Bertz CT molecular complexity index is 678. The third-order valence-electron chi connectivity index (χ3n) is 3.21. The van der Waals surface area contributed by atoms with E-state index in [0.29, 0.717) is 18.2 Å². The van der Waals surface area contributed by atoms with Crippen molar-refractivity contribution in [3.8, 4) is 0 Å². The Morgan fingerprint density at radius 3 is 2.31 bits per heavy atom. The van der Waals surface area contributed by atoms with Crippen LogP contribution in [0.25, 0.3) is 0 Å². The smallest absolute Gasteiger partial charge is 0.454 e. The number of esters is 1. The summed E-state index contributed by atoms with van der Waals surface area (Å²) in [6.07, 6.45) is -0.813. The van der Waals surface area contributed by atoms with Gasteiger partial charge in [-0.05, 0) is 30.2 Å². The van der Waals surface area contributed by atoms with Gasteiger partial charge in [0.2, 0.25) is 0 Å². The van der Waals surface area contributed by atoms with Crippen LogP contribution in [0.4, 0.5) is 18.9 Å². The Morgan fingerprint density at radius 1 is 1.19 bits per heavy atom. The Hall–Kier alpha value is -2.77. The summed E-state index contributed by atoms with van der Waals surface area (Å²) >= 11 is 0. The molecule has 142 valence electrons. The average Bonchev–Trinajstić information content (AvgIpc) is 2.57. The molecule has 0 spiro atoms. The maximum atomic E-state index is 12.5. The number of hydrogen-bond donors (Lipinski definition) is 1. The predicted octanol–water partition coefficient (Wildman–Crippen LogP) is 3.29. The van der Waals surface area contributed by atoms with Gasteiger partial charge in [-0.15, -0.1) is 0 Å². The van der Waals surface area contributed by atoms with Gasteiger partial charge in [-0.1, -0.05) is 12.1 Å². The summed E-state index contributed by atoms with van der Waals surface area (Å²) in [5.41, 5.74) is 1.39. The number of nitrogens with zero attached hydrogens (tertiary/aromatic N) is 1. The van der Waals surface area contributed by atoms with E-state index < -0.39 is 12.0 Å². The molecule has 1 rings (SSSR count). The number of ether oxygens (including phenoxy) is 1. The quantitative estimate of drug-likeness (QED) is 0.432. The number of benzene rings is 1. The zero-order valence-electron chi connectivity index (χ0n) is 14.8. The molecule has 0 unspecified atom stereocenters. The molecule has 26 heavy (non-hydrogen) atoms. The molecule has 1 aromatic carbocycles. The zero-order chi connectivity index (χ0) is 19.7. The van der Waals surface area contributed by atoms with E-state index in [1.807, 2.05) is 0 Å². The van der Waals surface area contributed by atoms with Gasteiger partial charge in [0.25, 0.3) is 5.78 Å². The molecule has 0 atom stereocenters. The molecule has 0 radical (unpaired) electrons. The van der Waals surface area contributed by atoms with Crippen molar-refractivity contribution in [3.05, 3.63) is 53.9 Å². The van der Waals surface area contributed by atoms with Crippen LogP contribution in [-0.2, 0) is 20.7 Å². The highest BCUT2D eigenvalue weighted by atomic mass is 19.4. The van der Waals surface area contributed by atoms with E-state index in [2.05, 4.69) is 10.1 Å². The number of anilines is 1. The maximum Gasteiger partial charge on any atom is 0.454 e. The summed E-state index contributed by atoms with van der Waals surface area (Å²) in [7, 11) is 4.72. The average molecular weight is 370 g/mol. The van der Waals surface area contributed by atoms with E-state index in [-0.39, 0.29) is 18.1 Å². The Balaban J connectivity index is 2.89. The van der Waals surface area contributed by atoms with Crippen LogP contribution in [0.5, 0.6) is 0 Å². The number of allylic oxidation sites excluding steroid dienone is 2. The van der Waals surface area contributed by atoms with Gasteiger partial charge in [-0.2, -0.15) is 13.2 Å². The first-order chi connectivity index (χ1) is 12.1. The van der Waals surface area contributed by atoms with Crippen molar-refractivity contribution >= 4 is 17.4 Å². The van der Waals surface area contributed by atoms with Crippen molar-refractivity contribution < 1.29 is 27.5 Å². The first-order valence-electron chi connectivity index (χ1n) is 7.72. The lowest BCUT2D eigenvalue weighted by molar-refractivity contribution is -0.165. The second kappa shape index (κ2) is 9.65. The minimum absolute atomic E-state index is 0.00309. The van der Waals surface area contributed by atoms with Crippen molar-refractivity contribution in [1.82, 2.24) is 4.90 Å². The van der Waals surface area contributed by atoms with Crippen LogP contribution in [0.15, 0.2) is 48.3 Å². The number of hydrogen-bond acceptors (Lipinski definition) is 5. The Labute approximate surface area is 150 Å². The van der Waals surface area contributed by atoms with Gasteiger partial charge in [0.05, 0.1) is 7.11 Å². The minimum atomic E-state index is -4.93. The fourth-order valence-corrected chi connectivity index (χ4v) is 1.85. The van der Waals surface area contributed by atoms with Crippen molar-refractivity contribution in [2.45, 2.75) is 19.0 Å². The molecule has 1 N–H and O–H groups in total. The fraction of sp³-hybridized carbons (Fsp3) is 0.333. The molecule has 0 heterocycles. The number of carbonyl (C=O) groups is 2. The van der Waals surface area contributed by atoms with Crippen LogP contribution in [0.3, 0.4) is 0 Å². The zero-order valence-corrected chi connectivity index (χ0v) is 14.8. The summed E-state index contributed by atoms with van der Waals surface area (Å²) in [5.74, 6) is -2.27. The van der Waals surface area contributed by atoms with Crippen LogP contribution in [-0.4, -0.2) is 44.0 Å². The molecule has 0 aromatic heterocycles. The van der Waals surface area contributed by atoms with Gasteiger partial charge in [0.1, 0.15) is 0 Å². The molecule has 0 aliphatic heterocycles. The van der Waals surface area contributed by atoms with Crippen LogP contribution < -0.4 is 5.32 Å². The second-order valence-corrected chi connectivity index (χ2v) is 5.64. The van der Waals surface area contributed by atoms with E-state index in [1.54, 1.807) is 43.3 Å². The van der Waals surface area contributed by atoms with Gasteiger partial charge in [-0.3, -0.25) is 9.59 Å². The van der Waals surface area contributed by atoms with Crippen molar-refractivity contribution in [2.75, 3.05) is 26.5 Å². The Morgan fingerprint density at radius 2 is 1.81 bits per heavy atom. The maximum absolute atomic E-state index is 12.5. The van der Waals surface area contributed by atoms with Gasteiger partial charge in [-0.25, -0.2) is 0 Å². The summed E-state index contributed by atoms with van der Waals surface area (Å²) in [6, 6.07) is 6.79. The van der Waals surface area contributed by atoms with Crippen molar-refractivity contribution in [2.24, 2.45) is 0 Å². The Kier molecular flexibility index (Phi) is 7.89. The van der Waals surface area contributed by atoms with Gasteiger partial charge in [0.15, 0.2) is 0 Å². The van der Waals surface area contributed by atoms with Crippen molar-refractivity contribution in [1.29, 1.82) is 0 Å². The highest BCUT2D eigenvalue weighted by Crippen LogP contribution is 2.19. The molecule has 0 amide bonds. The lowest BCUT2D eigenvalue weighted by Crippen LogP contribution is -2.21. The van der Waals surface area contributed by atoms with Crippen molar-refractivity contribution in [3.63, 3.8) is 0 Å². The third-order valence-corrected chi connectivity index (χ3v) is 3.21. The highest BCUT2D eigenvalue weighted by Gasteiger charge is 2.36. The number of carbonyl (C=O) groups excluding carboxylic acids is 2. The highest BCUT2D eigenvalue weighted by molar-refractivity contribution is 5.95. The SMILES string of the molecule is COC(=O)CCc1ccc(NC(/C=C/N(C)C)=C/C(=O)C(F)(F)F)cc1. The number of aryl methyl sites for hydroxylation is 1. The first kappa shape index (κ1) is 21.3. The van der Waals surface area contributed by atoms with Crippen LogP contribution >= 0.6 is 0 Å². The van der Waals surface area contributed by atoms with Crippen LogP contribution in [0, 0.1) is 0 Å². The monoisotopic (exact) mass is 370 g/mol. The number of rotatable bonds is 8. The largest absolute Gasteiger partial charge is 0.469 e. The second-order valence-electron chi connectivity index (χ2n) is 5.64. The van der Waals surface area contributed by atoms with Gasteiger partial charge < -0.3 is 15.0 Å². The third kappa shape index (κ3) is 7.87. The summed E-state index contributed by atoms with van der Waals surface area (Å²) < 4.78 is 42.0. The molecule has 1 aromatic rings. The first-order valence-corrected chi connectivity index (χ1v) is 7.72. The number of nitrogens with one attached hydrogen (secondary N) is 1. The number of halogens is 3. The van der Waals surface area contributed by atoms with Gasteiger partial charge >= 0.3 is 12.1 Å². The summed E-state index contributed by atoms with van der Waals surface area (Å²) in [6.45, 7) is 0. The van der Waals surface area contributed by atoms with E-state index in [4.69, 9.17) is 0 Å². The van der Waals surface area contributed by atoms with E-state index in [9.17, 15) is 22.8 Å². The predicted molar refractivity (Wildman–Crippen MR) is 92.4 cm³/mol. The number of alkyl halides is 3. The van der Waals surface area contributed by atoms with Gasteiger partial charge in [0, 0.05) is 44.2 Å². The summed E-state index contributed by atoms with van der Waals surface area (Å²) in [5, 5.41) is 2.78. The van der Waals surface area contributed by atoms with Crippen LogP contribution in [0.2, 0.25) is 0 Å². The molecule has 0 aliphatic carbocycles. The molecular formula is C18H21F3N2O3. The molecule has 0 bridgehead atoms. The molecular weight excluding hydrogens is 349 g/mol. The lowest BCUT2D eigenvalue weighted by Gasteiger charge is -2.11. The topological polar surface area (TPSA) is 58.6 Å². The molecule has 0 fully saturated rings. The molecule has 0 saturated heterocycles. The van der Waals surface area contributed by atoms with E-state index in [1.165, 1.54) is 19.4 Å².